The van der Waals surface area contributed by atoms with Gasteiger partial charge in [-0.2, -0.15) is 0 Å². The Morgan fingerprint density at radius 3 is 2.77 bits per heavy atom. The van der Waals surface area contributed by atoms with Crippen molar-refractivity contribution in [1.82, 2.24) is 20.5 Å². The second-order valence-corrected chi connectivity index (χ2v) is 5.27. The van der Waals surface area contributed by atoms with Gasteiger partial charge in [0.05, 0.1) is 19.5 Å². The van der Waals surface area contributed by atoms with Gasteiger partial charge in [-0.25, -0.2) is 4.98 Å². The lowest BCUT2D eigenvalue weighted by molar-refractivity contribution is -0.118. The van der Waals surface area contributed by atoms with Gasteiger partial charge in [-0.3, -0.25) is 9.89 Å². The van der Waals surface area contributed by atoms with Gasteiger partial charge in [0.2, 0.25) is 11.1 Å². The van der Waals surface area contributed by atoms with Crippen molar-refractivity contribution in [1.29, 1.82) is 0 Å². The average molecular weight is 322 g/mol. The number of benzene rings is 1. The molecule has 1 heterocycles. The van der Waals surface area contributed by atoms with Crippen LogP contribution in [0.5, 0.6) is 5.75 Å². The van der Waals surface area contributed by atoms with Gasteiger partial charge in [0.15, 0.2) is 5.82 Å². The first-order valence-corrected chi connectivity index (χ1v) is 7.66. The number of aromatic nitrogens is 3. The molecule has 1 aromatic carbocycles. The highest BCUT2D eigenvalue weighted by Gasteiger charge is 2.09. The molecule has 118 valence electrons. The van der Waals surface area contributed by atoms with E-state index in [0.717, 1.165) is 11.3 Å². The Morgan fingerprint density at radius 1 is 1.32 bits per heavy atom. The molecule has 0 atom stereocenters. The zero-order valence-electron chi connectivity index (χ0n) is 12.5. The van der Waals surface area contributed by atoms with Crippen molar-refractivity contribution < 1.29 is 14.3 Å². The third kappa shape index (κ3) is 4.74. The smallest absolute Gasteiger partial charge is 0.230 e. The fourth-order valence-electron chi connectivity index (χ4n) is 1.66. The molecule has 0 radical (unpaired) electrons. The summed E-state index contributed by atoms with van der Waals surface area (Å²) in [5, 5.41) is 10.2. The van der Waals surface area contributed by atoms with E-state index < -0.39 is 0 Å². The first-order valence-electron chi connectivity index (χ1n) is 6.68. The van der Waals surface area contributed by atoms with Crippen LogP contribution >= 0.6 is 11.8 Å². The van der Waals surface area contributed by atoms with Gasteiger partial charge < -0.3 is 14.8 Å². The molecule has 2 rings (SSSR count). The molecule has 0 unspecified atom stereocenters. The normalized spacial score (nSPS) is 10.5. The van der Waals surface area contributed by atoms with Gasteiger partial charge in [0.25, 0.3) is 0 Å². The van der Waals surface area contributed by atoms with E-state index in [0.29, 0.717) is 24.1 Å². The van der Waals surface area contributed by atoms with Crippen molar-refractivity contribution >= 4 is 17.7 Å². The quantitative estimate of drug-likeness (QED) is 0.563. The Balaban J connectivity index is 1.86. The molecular formula is C14H18N4O3S. The van der Waals surface area contributed by atoms with E-state index >= 15 is 0 Å². The maximum absolute atomic E-state index is 11.6. The van der Waals surface area contributed by atoms with Gasteiger partial charge in [-0.1, -0.05) is 11.8 Å². The second kappa shape index (κ2) is 8.40. The molecule has 0 saturated heterocycles. The predicted octanol–water partition coefficient (Wildman–Crippen LogP) is 1.33. The highest BCUT2D eigenvalue weighted by molar-refractivity contribution is 7.99. The lowest BCUT2D eigenvalue weighted by atomic mass is 10.2. The summed E-state index contributed by atoms with van der Waals surface area (Å²) in [5.41, 5.74) is 0.907. The fraction of sp³-hybridized carbons (Fsp3) is 0.357. The van der Waals surface area contributed by atoms with Crippen molar-refractivity contribution in [3.8, 4) is 17.1 Å². The summed E-state index contributed by atoms with van der Waals surface area (Å²) in [7, 11) is 3.21. The number of hydrogen-bond acceptors (Lipinski definition) is 6. The van der Waals surface area contributed by atoms with Gasteiger partial charge in [-0.05, 0) is 24.3 Å². The maximum Gasteiger partial charge on any atom is 0.230 e. The predicted molar refractivity (Wildman–Crippen MR) is 84.0 cm³/mol. The van der Waals surface area contributed by atoms with E-state index in [-0.39, 0.29) is 11.7 Å². The number of carbonyl (C=O) groups excluding carboxylic acids is 1. The largest absolute Gasteiger partial charge is 0.497 e. The van der Waals surface area contributed by atoms with Crippen LogP contribution in [0.2, 0.25) is 0 Å². The maximum atomic E-state index is 11.6. The lowest BCUT2D eigenvalue weighted by Gasteiger charge is -2.02. The van der Waals surface area contributed by atoms with E-state index in [2.05, 4.69) is 20.5 Å². The van der Waals surface area contributed by atoms with Crippen LogP contribution in [0.25, 0.3) is 11.4 Å². The number of carbonyl (C=O) groups is 1. The minimum Gasteiger partial charge on any atom is -0.497 e. The molecule has 0 spiro atoms. The number of hydrogen-bond donors (Lipinski definition) is 2. The standard InChI is InChI=1S/C14H18N4O3S/c1-20-8-7-15-12(19)9-22-14-16-13(17-18-14)10-3-5-11(21-2)6-4-10/h3-6H,7-9H2,1-2H3,(H,15,19)(H,16,17,18). The first kappa shape index (κ1) is 16.3. The Labute approximate surface area is 132 Å². The molecule has 0 saturated carbocycles. The molecule has 1 aromatic heterocycles. The van der Waals surface area contributed by atoms with Crippen molar-refractivity contribution in [2.24, 2.45) is 0 Å². The Bertz CT molecular complexity index is 600. The summed E-state index contributed by atoms with van der Waals surface area (Å²) in [6.45, 7) is 1.000. The molecule has 22 heavy (non-hydrogen) atoms. The van der Waals surface area contributed by atoms with Crippen LogP contribution in [0.4, 0.5) is 0 Å². The monoisotopic (exact) mass is 322 g/mol. The minimum atomic E-state index is -0.0714. The van der Waals surface area contributed by atoms with Crippen molar-refractivity contribution in [2.45, 2.75) is 5.16 Å². The average Bonchev–Trinajstić information content (AvgIpc) is 3.02. The zero-order chi connectivity index (χ0) is 15.8. The molecule has 0 aliphatic carbocycles. The lowest BCUT2D eigenvalue weighted by Crippen LogP contribution is -2.28. The molecule has 0 aliphatic heterocycles. The van der Waals surface area contributed by atoms with Crippen LogP contribution < -0.4 is 10.1 Å². The SMILES string of the molecule is COCCNC(=O)CSc1n[nH]c(-c2ccc(OC)cc2)n1. The van der Waals surface area contributed by atoms with Crippen LogP contribution in [0, 0.1) is 0 Å². The van der Waals surface area contributed by atoms with Crippen LogP contribution in [-0.4, -0.2) is 54.2 Å². The van der Waals surface area contributed by atoms with Crippen molar-refractivity contribution in [3.63, 3.8) is 0 Å². The number of nitrogens with zero attached hydrogens (tertiary/aromatic N) is 2. The number of nitrogens with one attached hydrogen (secondary N) is 2. The number of rotatable bonds is 8. The van der Waals surface area contributed by atoms with Crippen LogP contribution in [-0.2, 0) is 9.53 Å². The molecule has 2 aromatic rings. The Kier molecular flexibility index (Phi) is 6.23. The summed E-state index contributed by atoms with van der Waals surface area (Å²) >= 11 is 1.28. The summed E-state index contributed by atoms with van der Waals surface area (Å²) < 4.78 is 9.98. The Morgan fingerprint density at radius 2 is 2.09 bits per heavy atom. The molecule has 7 nitrogen and oxygen atoms in total. The third-order valence-electron chi connectivity index (χ3n) is 2.79. The molecule has 1 amide bonds. The third-order valence-corrected chi connectivity index (χ3v) is 3.64. The number of amides is 1. The molecular weight excluding hydrogens is 304 g/mol. The van der Waals surface area contributed by atoms with Crippen LogP contribution in [0.15, 0.2) is 29.4 Å². The molecule has 8 heteroatoms. The molecule has 0 bridgehead atoms. The van der Waals surface area contributed by atoms with Gasteiger partial charge in [0.1, 0.15) is 5.75 Å². The van der Waals surface area contributed by atoms with E-state index in [9.17, 15) is 4.79 Å². The summed E-state index contributed by atoms with van der Waals surface area (Å²) in [6, 6.07) is 7.50. The summed E-state index contributed by atoms with van der Waals surface area (Å²) in [6.07, 6.45) is 0. The van der Waals surface area contributed by atoms with E-state index in [1.54, 1.807) is 14.2 Å². The molecule has 0 aliphatic rings. The van der Waals surface area contributed by atoms with E-state index in [1.807, 2.05) is 24.3 Å². The van der Waals surface area contributed by atoms with Crippen molar-refractivity contribution in [2.75, 3.05) is 33.1 Å². The molecule has 2 N–H and O–H groups in total. The van der Waals surface area contributed by atoms with Gasteiger partial charge >= 0.3 is 0 Å². The van der Waals surface area contributed by atoms with Crippen LogP contribution in [0.3, 0.4) is 0 Å². The first-order chi connectivity index (χ1) is 10.7. The molecule has 0 fully saturated rings. The van der Waals surface area contributed by atoms with Gasteiger partial charge in [0, 0.05) is 19.2 Å². The van der Waals surface area contributed by atoms with E-state index in [4.69, 9.17) is 9.47 Å². The number of H-pyrrole nitrogens is 1. The summed E-state index contributed by atoms with van der Waals surface area (Å²) in [4.78, 5) is 15.9. The number of ether oxygens (including phenoxy) is 2. The minimum absolute atomic E-state index is 0.0714. The number of methoxy groups -OCH3 is 2. The Hall–Kier alpha value is -2.06. The fourth-order valence-corrected chi connectivity index (χ4v) is 2.29. The summed E-state index contributed by atoms with van der Waals surface area (Å²) in [5.74, 6) is 1.64. The highest BCUT2D eigenvalue weighted by Crippen LogP contribution is 2.21. The van der Waals surface area contributed by atoms with Gasteiger partial charge in [-0.15, -0.1) is 5.10 Å². The highest BCUT2D eigenvalue weighted by atomic mass is 32.2. The topological polar surface area (TPSA) is 89.1 Å². The number of aromatic amines is 1. The van der Waals surface area contributed by atoms with Crippen molar-refractivity contribution in [3.05, 3.63) is 24.3 Å². The van der Waals surface area contributed by atoms with Crippen LogP contribution in [0.1, 0.15) is 0 Å². The zero-order valence-corrected chi connectivity index (χ0v) is 13.3. The number of thioether (sulfide) groups is 1. The van der Waals surface area contributed by atoms with E-state index in [1.165, 1.54) is 11.8 Å². The second-order valence-electron chi connectivity index (χ2n) is 4.33.